The highest BCUT2D eigenvalue weighted by atomic mass is 35.5. The normalized spacial score (nSPS) is 17.5. The van der Waals surface area contributed by atoms with Crippen LogP contribution in [0.5, 0.6) is 11.5 Å². The first-order valence-corrected chi connectivity index (χ1v) is 15.4. The van der Waals surface area contributed by atoms with Crippen LogP contribution in [0, 0.1) is 5.41 Å². The van der Waals surface area contributed by atoms with Crippen LogP contribution in [-0.4, -0.2) is 50.2 Å². The minimum atomic E-state index is -4.51. The van der Waals surface area contributed by atoms with Crippen molar-refractivity contribution in [2.24, 2.45) is 5.41 Å². The van der Waals surface area contributed by atoms with Gasteiger partial charge in [0.1, 0.15) is 17.1 Å². The third kappa shape index (κ3) is 7.77. The Labute approximate surface area is 262 Å². The average Bonchev–Trinajstić information content (AvgIpc) is 2.98. The number of piperazine rings is 1. The molecule has 0 unspecified atom stereocenters. The van der Waals surface area contributed by atoms with Crippen LogP contribution in [0.1, 0.15) is 61.5 Å². The Bertz CT molecular complexity index is 1510. The Balaban J connectivity index is 1.32. The molecule has 0 radical (unpaired) electrons. The van der Waals surface area contributed by atoms with Gasteiger partial charge in [0.2, 0.25) is 0 Å². The van der Waals surface area contributed by atoms with Crippen molar-refractivity contribution in [1.29, 1.82) is 0 Å². The fourth-order valence-corrected chi connectivity index (χ4v) is 6.06. The van der Waals surface area contributed by atoms with Gasteiger partial charge in [-0.05, 0) is 85.2 Å². The lowest BCUT2D eigenvalue weighted by Gasteiger charge is -2.39. The fraction of sp³-hybridized carbons (Fsp3) is 0.400. The number of hydrogen-bond acceptors (Lipinski definition) is 5. The van der Waals surface area contributed by atoms with Crippen molar-refractivity contribution in [2.45, 2.75) is 46.2 Å². The summed E-state index contributed by atoms with van der Waals surface area (Å²) in [4.78, 5) is 17.4. The van der Waals surface area contributed by atoms with Crippen LogP contribution in [0.4, 0.5) is 18.9 Å². The lowest BCUT2D eigenvalue weighted by Crippen LogP contribution is -2.47. The Morgan fingerprint density at radius 2 is 1.70 bits per heavy atom. The molecule has 0 aromatic heterocycles. The molecule has 2 aliphatic rings. The molecule has 5 nitrogen and oxygen atoms in total. The van der Waals surface area contributed by atoms with Gasteiger partial charge < -0.3 is 14.4 Å². The van der Waals surface area contributed by atoms with Crippen molar-refractivity contribution in [1.82, 2.24) is 4.90 Å². The topological polar surface area (TPSA) is 42.0 Å². The molecule has 9 heteroatoms. The summed E-state index contributed by atoms with van der Waals surface area (Å²) in [5.74, 6) is -0.440. The van der Waals surface area contributed by atoms with Crippen LogP contribution in [-0.2, 0) is 10.9 Å². The van der Waals surface area contributed by atoms with Gasteiger partial charge in [0.15, 0.2) is 0 Å². The highest BCUT2D eigenvalue weighted by Crippen LogP contribution is 2.43. The molecule has 3 aromatic carbocycles. The Morgan fingerprint density at radius 1 is 0.977 bits per heavy atom. The van der Waals surface area contributed by atoms with E-state index in [1.54, 1.807) is 19.1 Å². The Kier molecular flexibility index (Phi) is 9.61. The largest absolute Gasteiger partial charge is 0.462 e. The minimum absolute atomic E-state index is 0.00670. The second-order valence-corrected chi connectivity index (χ2v) is 12.7. The Hall–Kier alpha value is -3.49. The van der Waals surface area contributed by atoms with Gasteiger partial charge in [-0.1, -0.05) is 49.2 Å². The maximum atomic E-state index is 13.3. The molecule has 1 aliphatic carbocycles. The number of rotatable bonds is 8. The molecule has 0 saturated carbocycles. The van der Waals surface area contributed by atoms with Crippen molar-refractivity contribution in [3.8, 4) is 11.5 Å². The van der Waals surface area contributed by atoms with E-state index in [1.165, 1.54) is 28.8 Å². The van der Waals surface area contributed by atoms with Gasteiger partial charge in [-0.3, -0.25) is 4.90 Å². The van der Waals surface area contributed by atoms with Crippen molar-refractivity contribution >= 4 is 28.8 Å². The zero-order valence-electron chi connectivity index (χ0n) is 25.3. The van der Waals surface area contributed by atoms with Gasteiger partial charge >= 0.3 is 12.1 Å². The molecule has 0 atom stereocenters. The molecule has 234 valence electrons. The number of ether oxygens (including phenoxy) is 2. The third-order valence-corrected chi connectivity index (χ3v) is 8.63. The lowest BCUT2D eigenvalue weighted by molar-refractivity contribution is -0.137. The SMILES string of the molecule is CCOC(=O)c1ccc(N2CCN(CC3=C(c4ccc(Cl)cc4)CC(C)(C)CC3)CC2)cc1Oc1cccc(C(F)(F)F)c1. The van der Waals surface area contributed by atoms with Crippen LogP contribution in [0.25, 0.3) is 5.57 Å². The predicted molar refractivity (Wildman–Crippen MR) is 169 cm³/mol. The van der Waals surface area contributed by atoms with E-state index in [0.717, 1.165) is 74.8 Å². The van der Waals surface area contributed by atoms with Gasteiger partial charge in [0, 0.05) is 49.5 Å². The number of esters is 1. The number of alkyl halides is 3. The van der Waals surface area contributed by atoms with Gasteiger partial charge in [0.05, 0.1) is 12.2 Å². The molecule has 0 N–H and O–H groups in total. The van der Waals surface area contributed by atoms with E-state index >= 15 is 0 Å². The number of anilines is 1. The van der Waals surface area contributed by atoms with Gasteiger partial charge in [-0.15, -0.1) is 0 Å². The van der Waals surface area contributed by atoms with Crippen LogP contribution >= 0.6 is 11.6 Å². The maximum Gasteiger partial charge on any atom is 0.416 e. The molecule has 1 heterocycles. The summed E-state index contributed by atoms with van der Waals surface area (Å²) in [6.07, 6.45) is -1.26. The van der Waals surface area contributed by atoms with E-state index in [4.69, 9.17) is 21.1 Å². The van der Waals surface area contributed by atoms with Crippen molar-refractivity contribution in [3.05, 3.63) is 94.0 Å². The number of benzene rings is 3. The quantitative estimate of drug-likeness (QED) is 0.233. The van der Waals surface area contributed by atoms with E-state index in [1.807, 2.05) is 18.2 Å². The van der Waals surface area contributed by atoms with Gasteiger partial charge in [-0.2, -0.15) is 13.2 Å². The molecule has 3 aromatic rings. The molecule has 44 heavy (non-hydrogen) atoms. The third-order valence-electron chi connectivity index (χ3n) is 8.38. The van der Waals surface area contributed by atoms with Gasteiger partial charge in [0.25, 0.3) is 0 Å². The summed E-state index contributed by atoms with van der Waals surface area (Å²) in [5.41, 5.74) is 4.57. The Morgan fingerprint density at radius 3 is 2.39 bits per heavy atom. The smallest absolute Gasteiger partial charge is 0.416 e. The number of carbonyl (C=O) groups excluding carboxylic acids is 1. The standard InChI is InChI=1S/C35H38ClF3N2O3/c1-4-43-33(42)30-13-12-28(21-32(30)44-29-7-5-6-26(20-29)35(37,38)39)41-18-16-40(17-19-41)23-25-14-15-34(2,3)22-31(25)24-8-10-27(36)11-9-24/h5-13,20-21H,4,14-19,22-23H2,1-3H3. The predicted octanol–water partition coefficient (Wildman–Crippen LogP) is 9.11. The van der Waals surface area contributed by atoms with Crippen molar-refractivity contribution in [3.63, 3.8) is 0 Å². The van der Waals surface area contributed by atoms with Crippen LogP contribution in [0.15, 0.2) is 72.3 Å². The monoisotopic (exact) mass is 626 g/mol. The molecular formula is C35H38ClF3N2O3. The summed E-state index contributed by atoms with van der Waals surface area (Å²) in [6.45, 7) is 10.7. The highest BCUT2D eigenvalue weighted by molar-refractivity contribution is 6.30. The highest BCUT2D eigenvalue weighted by Gasteiger charge is 2.31. The minimum Gasteiger partial charge on any atom is -0.462 e. The summed E-state index contributed by atoms with van der Waals surface area (Å²) in [7, 11) is 0. The number of halogens is 4. The van der Waals surface area contributed by atoms with Crippen LogP contribution < -0.4 is 9.64 Å². The average molecular weight is 627 g/mol. The number of hydrogen-bond donors (Lipinski definition) is 0. The molecule has 0 spiro atoms. The molecule has 1 saturated heterocycles. The van der Waals surface area contributed by atoms with E-state index < -0.39 is 17.7 Å². The van der Waals surface area contributed by atoms with Gasteiger partial charge in [-0.25, -0.2) is 4.79 Å². The molecule has 1 fully saturated rings. The summed E-state index contributed by atoms with van der Waals surface area (Å²) in [5, 5.41) is 0.737. The zero-order valence-corrected chi connectivity index (χ0v) is 26.1. The first-order valence-electron chi connectivity index (χ1n) is 15.0. The second-order valence-electron chi connectivity index (χ2n) is 12.2. The number of nitrogens with zero attached hydrogens (tertiary/aromatic N) is 2. The second kappa shape index (κ2) is 13.2. The molecule has 1 aliphatic heterocycles. The number of carbonyl (C=O) groups is 1. The first-order chi connectivity index (χ1) is 20.9. The maximum absolute atomic E-state index is 13.3. The zero-order chi connectivity index (χ0) is 31.5. The van der Waals surface area contributed by atoms with E-state index in [-0.39, 0.29) is 29.1 Å². The van der Waals surface area contributed by atoms with E-state index in [9.17, 15) is 18.0 Å². The first kappa shape index (κ1) is 31.9. The van der Waals surface area contributed by atoms with Crippen LogP contribution in [0.2, 0.25) is 5.02 Å². The van der Waals surface area contributed by atoms with Crippen molar-refractivity contribution in [2.75, 3.05) is 44.2 Å². The molecule has 0 bridgehead atoms. The lowest BCUT2D eigenvalue weighted by atomic mass is 9.72. The summed E-state index contributed by atoms with van der Waals surface area (Å²) in [6, 6.07) is 18.0. The summed E-state index contributed by atoms with van der Waals surface area (Å²) >= 11 is 6.17. The molecule has 5 rings (SSSR count). The number of allylic oxidation sites excluding steroid dienone is 1. The van der Waals surface area contributed by atoms with Crippen LogP contribution in [0.3, 0.4) is 0 Å². The molecule has 0 amide bonds. The molecular weight excluding hydrogens is 589 g/mol. The summed E-state index contributed by atoms with van der Waals surface area (Å²) < 4.78 is 51.0. The van der Waals surface area contributed by atoms with E-state index in [0.29, 0.717) is 0 Å². The van der Waals surface area contributed by atoms with Crippen molar-refractivity contribution < 1.29 is 27.4 Å². The fourth-order valence-electron chi connectivity index (χ4n) is 5.93. The van der Waals surface area contributed by atoms with E-state index in [2.05, 4.69) is 35.8 Å².